The quantitative estimate of drug-likeness (QED) is 0.306. The van der Waals surface area contributed by atoms with Gasteiger partial charge in [0.25, 0.3) is 5.91 Å². The second kappa shape index (κ2) is 9.78. The van der Waals surface area contributed by atoms with Gasteiger partial charge in [0.05, 0.1) is 22.2 Å². The van der Waals surface area contributed by atoms with Crippen molar-refractivity contribution < 1.29 is 18.4 Å². The van der Waals surface area contributed by atoms with E-state index in [4.69, 9.17) is 46.4 Å². The van der Waals surface area contributed by atoms with Gasteiger partial charge in [-0.2, -0.15) is 0 Å². The van der Waals surface area contributed by atoms with Crippen LogP contribution in [0.5, 0.6) is 0 Å². The molecule has 0 saturated heterocycles. The molecule has 0 spiro atoms. The van der Waals surface area contributed by atoms with E-state index < -0.39 is 39.6 Å². The van der Waals surface area contributed by atoms with E-state index in [1.165, 1.54) is 18.2 Å². The maximum Gasteiger partial charge on any atom is 0.257 e. The van der Waals surface area contributed by atoms with E-state index >= 15 is 0 Å². The Balaban J connectivity index is 1.51. The van der Waals surface area contributed by atoms with Gasteiger partial charge in [0, 0.05) is 22.7 Å². The minimum absolute atomic E-state index is 0.0321. The van der Waals surface area contributed by atoms with Gasteiger partial charge in [0.15, 0.2) is 0 Å². The van der Waals surface area contributed by atoms with Gasteiger partial charge < -0.3 is 10.6 Å². The van der Waals surface area contributed by atoms with Gasteiger partial charge in [-0.25, -0.2) is 8.78 Å². The summed E-state index contributed by atoms with van der Waals surface area (Å²) in [6.45, 7) is 3.69. The number of hydrogen-bond acceptors (Lipinski definition) is 2. The second-order valence-electron chi connectivity index (χ2n) is 7.88. The summed E-state index contributed by atoms with van der Waals surface area (Å²) in [5.74, 6) is -4.23. The van der Waals surface area contributed by atoms with Crippen molar-refractivity contribution in [2.45, 2.75) is 10.3 Å². The smallest absolute Gasteiger partial charge is 0.257 e. The molecule has 3 aromatic carbocycles. The molecule has 0 aromatic heterocycles. The van der Waals surface area contributed by atoms with Gasteiger partial charge in [-0.3, -0.25) is 9.59 Å². The lowest BCUT2D eigenvalue weighted by Gasteiger charge is -2.11. The number of carbonyl (C=O) groups is 2. The zero-order valence-corrected chi connectivity index (χ0v) is 20.7. The van der Waals surface area contributed by atoms with E-state index in [0.717, 1.165) is 17.7 Å². The van der Waals surface area contributed by atoms with Gasteiger partial charge in [0.2, 0.25) is 5.91 Å². The maximum absolute atomic E-state index is 13.9. The van der Waals surface area contributed by atoms with E-state index in [9.17, 15) is 18.4 Å². The van der Waals surface area contributed by atoms with Crippen molar-refractivity contribution in [1.82, 2.24) is 0 Å². The first kappa shape index (κ1) is 25.5. The van der Waals surface area contributed by atoms with Gasteiger partial charge in [-0.1, -0.05) is 48.0 Å². The average molecular weight is 556 g/mol. The van der Waals surface area contributed by atoms with E-state index in [2.05, 4.69) is 17.2 Å². The molecular weight excluding hydrogens is 540 g/mol. The van der Waals surface area contributed by atoms with Crippen LogP contribution in [-0.2, 0) is 4.79 Å². The lowest BCUT2D eigenvalue weighted by atomic mass is 10.1. The van der Waals surface area contributed by atoms with E-state index in [1.54, 1.807) is 24.3 Å². The van der Waals surface area contributed by atoms with Crippen LogP contribution in [0.1, 0.15) is 27.4 Å². The van der Waals surface area contributed by atoms with Crippen LogP contribution < -0.4 is 10.6 Å². The summed E-state index contributed by atoms with van der Waals surface area (Å²) < 4.78 is 25.7. The van der Waals surface area contributed by atoms with Crippen LogP contribution in [0.4, 0.5) is 20.2 Å². The molecule has 1 aliphatic carbocycles. The number of rotatable bonds is 6. The predicted octanol–water partition coefficient (Wildman–Crippen LogP) is 7.69. The van der Waals surface area contributed by atoms with Crippen LogP contribution in [0, 0.1) is 17.6 Å². The van der Waals surface area contributed by atoms with Crippen molar-refractivity contribution in [1.29, 1.82) is 0 Å². The molecule has 1 aliphatic rings. The summed E-state index contributed by atoms with van der Waals surface area (Å²) in [5.41, 5.74) is 1.43. The number of carbonyl (C=O) groups excluding carboxylic acids is 2. The second-order valence-corrected chi connectivity index (χ2v) is 10.1. The summed E-state index contributed by atoms with van der Waals surface area (Å²) in [6.07, 6.45) is 1.61. The molecule has 2 N–H and O–H groups in total. The fourth-order valence-electron chi connectivity index (χ4n) is 3.75. The van der Waals surface area contributed by atoms with Crippen molar-refractivity contribution in [2.24, 2.45) is 5.92 Å². The van der Waals surface area contributed by atoms with Crippen molar-refractivity contribution >= 4 is 75.7 Å². The van der Waals surface area contributed by atoms with Crippen LogP contribution in [0.15, 0.2) is 61.2 Å². The first-order chi connectivity index (χ1) is 16.5. The molecule has 10 heteroatoms. The SMILES string of the molecule is C=Cc1ccc(C2C(C(=O)Nc3ccc(Cl)c(C(=O)Nc4ccc(F)cc4F)c3)C2(Cl)Cl)cc1Cl. The van der Waals surface area contributed by atoms with Gasteiger partial charge in [0.1, 0.15) is 16.0 Å². The lowest BCUT2D eigenvalue weighted by Crippen LogP contribution is -2.18. The lowest BCUT2D eigenvalue weighted by molar-refractivity contribution is -0.117. The van der Waals surface area contributed by atoms with Crippen molar-refractivity contribution in [3.8, 4) is 0 Å². The Hall–Kier alpha value is -2.64. The van der Waals surface area contributed by atoms with Gasteiger partial charge >= 0.3 is 0 Å². The number of alkyl halides is 2. The molecule has 0 bridgehead atoms. The summed E-state index contributed by atoms with van der Waals surface area (Å²) in [6, 6.07) is 12.2. The summed E-state index contributed by atoms with van der Waals surface area (Å²) in [4.78, 5) is 25.6. The molecule has 1 saturated carbocycles. The molecule has 4 rings (SSSR count). The predicted molar refractivity (Wildman–Crippen MR) is 137 cm³/mol. The number of amides is 2. The van der Waals surface area contributed by atoms with Gasteiger partial charge in [-0.05, 0) is 47.5 Å². The highest BCUT2D eigenvalue weighted by Crippen LogP contribution is 2.65. The Bertz CT molecular complexity index is 1360. The summed E-state index contributed by atoms with van der Waals surface area (Å²) >= 11 is 25.2. The average Bonchev–Trinajstić information content (AvgIpc) is 3.38. The van der Waals surface area contributed by atoms with Crippen molar-refractivity contribution in [3.63, 3.8) is 0 Å². The first-order valence-electron chi connectivity index (χ1n) is 10.2. The standard InChI is InChI=1S/C25H16Cl4F2N2O2/c1-2-12-3-4-13(9-18(12)27)21-22(25(21,28)29)24(35)32-15-6-7-17(26)16(11-15)23(34)33-20-8-5-14(30)10-19(20)31/h2-11,21-22H,1H2,(H,32,35)(H,33,34). The van der Waals surface area contributed by atoms with Crippen LogP contribution in [0.2, 0.25) is 10.0 Å². The van der Waals surface area contributed by atoms with Crippen molar-refractivity contribution in [2.75, 3.05) is 10.6 Å². The molecule has 2 atom stereocenters. The highest BCUT2D eigenvalue weighted by atomic mass is 35.5. The van der Waals surface area contributed by atoms with Crippen LogP contribution in [0.3, 0.4) is 0 Å². The highest BCUT2D eigenvalue weighted by Gasteiger charge is 2.67. The van der Waals surface area contributed by atoms with E-state index in [-0.39, 0.29) is 22.0 Å². The Morgan fingerprint density at radius 1 is 0.943 bits per heavy atom. The Labute approximate surface area is 219 Å². The third-order valence-electron chi connectivity index (χ3n) is 5.60. The fraction of sp³-hybridized carbons (Fsp3) is 0.120. The van der Waals surface area contributed by atoms with E-state index in [1.807, 2.05) is 0 Å². The molecular formula is C25H16Cl4F2N2O2. The Morgan fingerprint density at radius 3 is 2.34 bits per heavy atom. The molecule has 1 fully saturated rings. The molecule has 35 heavy (non-hydrogen) atoms. The summed E-state index contributed by atoms with van der Waals surface area (Å²) in [5, 5.41) is 5.53. The van der Waals surface area contributed by atoms with E-state index in [0.29, 0.717) is 16.7 Å². The van der Waals surface area contributed by atoms with Crippen LogP contribution >= 0.6 is 46.4 Å². The minimum atomic E-state index is -1.35. The zero-order valence-electron chi connectivity index (χ0n) is 17.7. The Morgan fingerprint density at radius 2 is 1.69 bits per heavy atom. The van der Waals surface area contributed by atoms with Crippen LogP contribution in [0.25, 0.3) is 6.08 Å². The largest absolute Gasteiger partial charge is 0.326 e. The third kappa shape index (κ3) is 5.16. The fourth-order valence-corrected chi connectivity index (χ4v) is 5.05. The number of anilines is 2. The monoisotopic (exact) mass is 554 g/mol. The zero-order chi connectivity index (χ0) is 25.5. The molecule has 2 unspecified atom stereocenters. The Kier molecular flexibility index (Phi) is 7.11. The van der Waals surface area contributed by atoms with Crippen molar-refractivity contribution in [3.05, 3.63) is 99.5 Å². The molecule has 0 radical (unpaired) electrons. The topological polar surface area (TPSA) is 58.2 Å². The molecule has 4 nitrogen and oxygen atoms in total. The molecule has 2 amide bonds. The van der Waals surface area contributed by atoms with Crippen LogP contribution in [-0.4, -0.2) is 16.1 Å². The molecule has 0 heterocycles. The summed E-state index contributed by atoms with van der Waals surface area (Å²) in [7, 11) is 0. The minimum Gasteiger partial charge on any atom is -0.326 e. The van der Waals surface area contributed by atoms with Gasteiger partial charge in [-0.15, -0.1) is 23.2 Å². The first-order valence-corrected chi connectivity index (χ1v) is 11.7. The maximum atomic E-state index is 13.9. The molecule has 180 valence electrons. The number of benzene rings is 3. The normalized spacial score (nSPS) is 18.0. The number of nitrogens with one attached hydrogen (secondary N) is 2. The number of hydrogen-bond donors (Lipinski definition) is 2. The molecule has 3 aromatic rings. The third-order valence-corrected chi connectivity index (χ3v) is 7.19. The highest BCUT2D eigenvalue weighted by molar-refractivity contribution is 6.53. The molecule has 0 aliphatic heterocycles. The number of halogens is 6.